The Hall–Kier alpha value is -1.27. The number of aromatic nitrogens is 1. The topological polar surface area (TPSA) is 120 Å². The Morgan fingerprint density at radius 2 is 1.96 bits per heavy atom. The number of carbonyl (C=O) groups excluding carboxylic acids is 1. The van der Waals surface area contributed by atoms with Crippen molar-refractivity contribution in [3.63, 3.8) is 0 Å². The lowest BCUT2D eigenvalue weighted by molar-refractivity contribution is -0.129. The van der Waals surface area contributed by atoms with Crippen LogP contribution >= 0.6 is 7.82 Å². The molecule has 1 aromatic rings. The van der Waals surface area contributed by atoms with Crippen molar-refractivity contribution in [3.05, 3.63) is 30.1 Å². The molecule has 2 rings (SSSR count). The van der Waals surface area contributed by atoms with Gasteiger partial charge in [-0.3, -0.25) is 9.78 Å². The molecule has 0 radical (unpaired) electrons. The smallest absolute Gasteiger partial charge is 0.355 e. The van der Waals surface area contributed by atoms with Crippen LogP contribution < -0.4 is 5.32 Å². The van der Waals surface area contributed by atoms with Gasteiger partial charge >= 0.3 is 7.82 Å². The SMILES string of the molecule is CC(C)[C@@H]1CC[C@@H](C)C[C@H]1C(=O)NCCc1ccccn1.O=P(O)(O)O. The molecule has 0 saturated heterocycles. The Bertz CT molecular complexity index is 582. The minimum Gasteiger partial charge on any atom is -0.355 e. The molecule has 4 N–H and O–H groups in total. The number of phosphoric acid groups is 1. The first-order valence-corrected chi connectivity index (χ1v) is 10.6. The number of pyridine rings is 1. The molecule has 1 aliphatic rings. The third-order valence-electron chi connectivity index (χ3n) is 4.77. The maximum Gasteiger partial charge on any atom is 0.466 e. The summed E-state index contributed by atoms with van der Waals surface area (Å²) in [6.45, 7) is 7.44. The van der Waals surface area contributed by atoms with E-state index in [0.717, 1.165) is 18.5 Å². The van der Waals surface area contributed by atoms with Gasteiger partial charge in [-0.15, -0.1) is 0 Å². The van der Waals surface area contributed by atoms with Crippen molar-refractivity contribution in [3.8, 4) is 0 Å². The highest BCUT2D eigenvalue weighted by atomic mass is 31.2. The van der Waals surface area contributed by atoms with Crippen molar-refractivity contribution >= 4 is 13.7 Å². The molecule has 0 spiro atoms. The second-order valence-electron chi connectivity index (χ2n) is 7.31. The number of hydrogen-bond donors (Lipinski definition) is 4. The number of carbonyl (C=O) groups is 1. The van der Waals surface area contributed by atoms with Crippen molar-refractivity contribution < 1.29 is 24.0 Å². The van der Waals surface area contributed by atoms with Gasteiger partial charge in [0.05, 0.1) is 0 Å². The molecule has 8 heteroatoms. The minimum absolute atomic E-state index is 0.192. The highest BCUT2D eigenvalue weighted by Crippen LogP contribution is 2.38. The Morgan fingerprint density at radius 1 is 1.31 bits per heavy atom. The van der Waals surface area contributed by atoms with Gasteiger partial charge in [-0.25, -0.2) is 4.57 Å². The van der Waals surface area contributed by atoms with E-state index in [1.807, 2.05) is 18.2 Å². The zero-order valence-corrected chi connectivity index (χ0v) is 16.6. The van der Waals surface area contributed by atoms with Crippen LogP contribution in [0.15, 0.2) is 24.4 Å². The van der Waals surface area contributed by atoms with E-state index >= 15 is 0 Å². The standard InChI is InChI=1S/C18H28N2O.H3O4P/c1-13(2)16-8-7-14(3)12-17(16)18(21)20-11-9-15-6-4-5-10-19-15;1-5(2,3)4/h4-6,10,13-14,16-17H,7-9,11-12H2,1-3H3,(H,20,21);(H3,1,2,3,4)/t14-,16+,17-;/m1./s1. The van der Waals surface area contributed by atoms with E-state index in [1.54, 1.807) is 6.20 Å². The average molecular weight is 386 g/mol. The molecule has 0 aromatic carbocycles. The summed E-state index contributed by atoms with van der Waals surface area (Å²) in [5, 5.41) is 3.13. The number of nitrogens with one attached hydrogen (secondary N) is 1. The largest absolute Gasteiger partial charge is 0.466 e. The molecular formula is C18H31N2O5P. The Balaban J connectivity index is 0.000000597. The fourth-order valence-electron chi connectivity index (χ4n) is 3.49. The van der Waals surface area contributed by atoms with Gasteiger partial charge in [0.1, 0.15) is 0 Å². The molecule has 1 heterocycles. The highest BCUT2D eigenvalue weighted by Gasteiger charge is 2.35. The van der Waals surface area contributed by atoms with E-state index in [-0.39, 0.29) is 11.8 Å². The molecule has 3 atom stereocenters. The third-order valence-corrected chi connectivity index (χ3v) is 4.77. The van der Waals surface area contributed by atoms with Crippen molar-refractivity contribution in [1.82, 2.24) is 10.3 Å². The van der Waals surface area contributed by atoms with Crippen LogP contribution in [-0.4, -0.2) is 32.1 Å². The maximum atomic E-state index is 12.5. The first kappa shape index (κ1) is 22.8. The van der Waals surface area contributed by atoms with Gasteiger partial charge in [0.25, 0.3) is 0 Å². The van der Waals surface area contributed by atoms with E-state index in [4.69, 9.17) is 19.2 Å². The monoisotopic (exact) mass is 386 g/mol. The molecular weight excluding hydrogens is 355 g/mol. The lowest BCUT2D eigenvalue weighted by Crippen LogP contribution is -2.40. The predicted octanol–water partition coefficient (Wildman–Crippen LogP) is 2.52. The first-order valence-electron chi connectivity index (χ1n) is 9.03. The van der Waals surface area contributed by atoms with E-state index < -0.39 is 7.82 Å². The second kappa shape index (κ2) is 10.8. The Kier molecular flexibility index (Phi) is 9.44. The van der Waals surface area contributed by atoms with Crippen LogP contribution in [-0.2, 0) is 15.8 Å². The molecule has 148 valence electrons. The molecule has 0 bridgehead atoms. The minimum atomic E-state index is -4.64. The lowest BCUT2D eigenvalue weighted by Gasteiger charge is -2.36. The first-order chi connectivity index (χ1) is 12.1. The van der Waals surface area contributed by atoms with Crippen LogP contribution in [0, 0.1) is 23.7 Å². The highest BCUT2D eigenvalue weighted by molar-refractivity contribution is 7.45. The molecule has 1 saturated carbocycles. The van der Waals surface area contributed by atoms with Crippen LogP contribution in [0.25, 0.3) is 0 Å². The number of amides is 1. The van der Waals surface area contributed by atoms with Crippen LogP contribution in [0.5, 0.6) is 0 Å². The van der Waals surface area contributed by atoms with Gasteiger partial charge in [-0.05, 0) is 42.7 Å². The zero-order chi connectivity index (χ0) is 19.7. The van der Waals surface area contributed by atoms with Crippen LogP contribution in [0.4, 0.5) is 0 Å². The summed E-state index contributed by atoms with van der Waals surface area (Å²) in [4.78, 5) is 38.4. The number of nitrogens with zero attached hydrogens (tertiary/aromatic N) is 1. The van der Waals surface area contributed by atoms with Gasteiger partial charge in [0.2, 0.25) is 5.91 Å². The number of hydrogen-bond acceptors (Lipinski definition) is 3. The van der Waals surface area contributed by atoms with E-state index in [1.165, 1.54) is 12.8 Å². The van der Waals surface area contributed by atoms with Crippen LogP contribution in [0.1, 0.15) is 45.7 Å². The second-order valence-corrected chi connectivity index (χ2v) is 8.33. The number of rotatable bonds is 5. The summed E-state index contributed by atoms with van der Waals surface area (Å²) in [5.74, 6) is 2.24. The summed E-state index contributed by atoms with van der Waals surface area (Å²) in [5.41, 5.74) is 1.04. The average Bonchev–Trinajstić information content (AvgIpc) is 2.54. The van der Waals surface area contributed by atoms with Gasteiger partial charge in [-0.2, -0.15) is 0 Å². The van der Waals surface area contributed by atoms with Crippen molar-refractivity contribution in [2.75, 3.05) is 6.54 Å². The van der Waals surface area contributed by atoms with Gasteiger partial charge < -0.3 is 20.0 Å². The van der Waals surface area contributed by atoms with Crippen LogP contribution in [0.3, 0.4) is 0 Å². The maximum absolute atomic E-state index is 12.5. The summed E-state index contributed by atoms with van der Waals surface area (Å²) in [6, 6.07) is 5.91. The Morgan fingerprint density at radius 3 is 2.50 bits per heavy atom. The van der Waals surface area contributed by atoms with Crippen molar-refractivity contribution in [2.45, 2.75) is 46.5 Å². The summed E-state index contributed by atoms with van der Waals surface area (Å²) >= 11 is 0. The molecule has 1 aliphatic carbocycles. The molecule has 1 aromatic heterocycles. The molecule has 7 nitrogen and oxygen atoms in total. The van der Waals surface area contributed by atoms with E-state index in [2.05, 4.69) is 31.1 Å². The normalized spacial score (nSPS) is 23.1. The van der Waals surface area contributed by atoms with Gasteiger partial charge in [0, 0.05) is 30.8 Å². The molecule has 0 unspecified atom stereocenters. The molecule has 0 aliphatic heterocycles. The molecule has 1 amide bonds. The van der Waals surface area contributed by atoms with Crippen molar-refractivity contribution in [2.24, 2.45) is 23.7 Å². The fourth-order valence-corrected chi connectivity index (χ4v) is 3.49. The molecule has 1 fully saturated rings. The summed E-state index contributed by atoms with van der Waals surface area (Å²) in [7, 11) is -4.64. The predicted molar refractivity (Wildman–Crippen MR) is 100 cm³/mol. The van der Waals surface area contributed by atoms with Crippen LogP contribution in [0.2, 0.25) is 0 Å². The third kappa shape index (κ3) is 9.43. The van der Waals surface area contributed by atoms with E-state index in [0.29, 0.717) is 24.3 Å². The zero-order valence-electron chi connectivity index (χ0n) is 15.7. The quantitative estimate of drug-likeness (QED) is 0.577. The Labute approximate surface area is 155 Å². The summed E-state index contributed by atoms with van der Waals surface area (Å²) < 4.78 is 8.88. The summed E-state index contributed by atoms with van der Waals surface area (Å²) in [6.07, 6.45) is 6.10. The van der Waals surface area contributed by atoms with Gasteiger partial charge in [0.15, 0.2) is 0 Å². The molecule has 26 heavy (non-hydrogen) atoms. The lowest BCUT2D eigenvalue weighted by atomic mass is 9.70. The van der Waals surface area contributed by atoms with Gasteiger partial charge in [-0.1, -0.05) is 33.3 Å². The van der Waals surface area contributed by atoms with E-state index in [9.17, 15) is 4.79 Å². The van der Waals surface area contributed by atoms with Crippen molar-refractivity contribution in [1.29, 1.82) is 0 Å². The fraction of sp³-hybridized carbons (Fsp3) is 0.667.